The fourth-order valence-electron chi connectivity index (χ4n) is 5.71. The lowest BCUT2D eigenvalue weighted by atomic mass is 10.0. The number of hydrogen-bond donors (Lipinski definition) is 5. The van der Waals surface area contributed by atoms with Crippen molar-refractivity contribution in [1.82, 2.24) is 51.0 Å². The second-order valence-electron chi connectivity index (χ2n) is 12.9. The number of carbonyl (C=O) groups is 4. The van der Waals surface area contributed by atoms with Gasteiger partial charge >= 0.3 is 0 Å². The minimum atomic E-state index is -1.37. The van der Waals surface area contributed by atoms with E-state index in [1.807, 2.05) is 20.0 Å². The number of nitrogens with one attached hydrogen (secondary N) is 4. The number of H-pyrrole nitrogens is 1. The highest BCUT2D eigenvalue weighted by atomic mass is 35.5. The number of halogens is 1. The summed E-state index contributed by atoms with van der Waals surface area (Å²) in [4.78, 5) is 60.1. The number of nitrogens with zero attached hydrogens (tertiary/aromatic N) is 6. The maximum Gasteiger partial charge on any atom is 0.254 e. The van der Waals surface area contributed by atoms with Gasteiger partial charge in [0.15, 0.2) is 5.82 Å². The lowest BCUT2D eigenvalue weighted by Crippen LogP contribution is -2.57. The van der Waals surface area contributed by atoms with Crippen LogP contribution in [-0.4, -0.2) is 108 Å². The number of carbonyl (C=O) groups excluding carboxylic acids is 4. The van der Waals surface area contributed by atoms with Gasteiger partial charge in [0.2, 0.25) is 11.8 Å². The Balaban J connectivity index is 1.40. The van der Waals surface area contributed by atoms with Gasteiger partial charge in [0, 0.05) is 56.3 Å². The average molecular weight is 735 g/mol. The summed E-state index contributed by atoms with van der Waals surface area (Å²) >= 11 is 6.42. The van der Waals surface area contributed by atoms with Crippen LogP contribution < -0.4 is 20.7 Å². The SMILES string of the molecule is CC(C)C[C@H]1NC(=O)[C@H]([C@@H](C)O)NC(=O)c2ccc(c(Cl)c2)OCCCn2cc(nn2)CCN(C(=O)c2ccccc2-c2ncn[nH]2)CCNC1=O. The lowest BCUT2D eigenvalue weighted by Gasteiger charge is -2.27. The largest absolute Gasteiger partial charge is 0.492 e. The number of ether oxygens (including phenoxy) is 1. The molecule has 3 atom stereocenters. The summed E-state index contributed by atoms with van der Waals surface area (Å²) in [5, 5.41) is 34.0. The maximum atomic E-state index is 14.1. The minimum Gasteiger partial charge on any atom is -0.492 e. The van der Waals surface area contributed by atoms with E-state index in [1.54, 1.807) is 39.9 Å². The standard InChI is InChI=1S/C35H43ClN10O6/c1-21(2)17-28-33(49)37-12-15-45(35(51)26-8-5-4-7-25(26)31-38-20-39-43-31)14-11-24-19-46(44-42-24)13-6-16-52-29-10-9-23(18-27(29)36)32(48)41-30(22(3)47)34(50)40-28/h4-5,7-10,18-22,28,30,47H,6,11-17H2,1-3H3,(H,37,49)(H,40,50)(H,41,48)(H,38,39,43)/t22-,28-,30+/m1/s1. The number of aryl methyl sites for hydroxylation is 1. The van der Waals surface area contributed by atoms with E-state index in [-0.39, 0.29) is 48.5 Å². The third-order valence-electron chi connectivity index (χ3n) is 8.39. The van der Waals surface area contributed by atoms with E-state index in [0.717, 1.165) is 0 Å². The Kier molecular flexibility index (Phi) is 12.9. The van der Waals surface area contributed by atoms with Gasteiger partial charge < -0.3 is 30.7 Å². The number of amides is 4. The molecule has 2 aromatic heterocycles. The summed E-state index contributed by atoms with van der Waals surface area (Å²) < 4.78 is 7.53. The third-order valence-corrected chi connectivity index (χ3v) is 8.69. The van der Waals surface area contributed by atoms with Crippen molar-refractivity contribution in [3.8, 4) is 17.1 Å². The molecule has 4 amide bonds. The van der Waals surface area contributed by atoms with Crippen LogP contribution in [-0.2, 0) is 22.6 Å². The number of aliphatic hydroxyl groups excluding tert-OH is 1. The molecule has 2 aliphatic heterocycles. The first-order valence-corrected chi connectivity index (χ1v) is 17.5. The predicted octanol–water partition coefficient (Wildman–Crippen LogP) is 2.01. The van der Waals surface area contributed by atoms with Crippen molar-refractivity contribution < 1.29 is 29.0 Å². The van der Waals surface area contributed by atoms with Crippen molar-refractivity contribution in [1.29, 1.82) is 0 Å². The smallest absolute Gasteiger partial charge is 0.254 e. The second-order valence-corrected chi connectivity index (χ2v) is 13.3. The van der Waals surface area contributed by atoms with Crippen LogP contribution in [0.4, 0.5) is 0 Å². The quantitative estimate of drug-likeness (QED) is 0.188. The van der Waals surface area contributed by atoms with E-state index >= 15 is 0 Å². The molecule has 2 aliphatic rings. The summed E-state index contributed by atoms with van der Waals surface area (Å²) in [7, 11) is 0. The third kappa shape index (κ3) is 9.91. The molecule has 0 saturated carbocycles. The van der Waals surface area contributed by atoms with Crippen LogP contribution >= 0.6 is 11.6 Å². The van der Waals surface area contributed by atoms with E-state index in [4.69, 9.17) is 16.3 Å². The van der Waals surface area contributed by atoms with Crippen LogP contribution in [0.2, 0.25) is 5.02 Å². The Morgan fingerprint density at radius 3 is 2.60 bits per heavy atom. The monoisotopic (exact) mass is 734 g/mol. The van der Waals surface area contributed by atoms with Crippen LogP contribution in [0.15, 0.2) is 55.0 Å². The highest BCUT2D eigenvalue weighted by molar-refractivity contribution is 6.32. The summed E-state index contributed by atoms with van der Waals surface area (Å²) in [5.74, 6) is -1.34. The Bertz CT molecular complexity index is 1850. The van der Waals surface area contributed by atoms with Gasteiger partial charge in [0.25, 0.3) is 11.8 Å². The number of aliphatic hydroxyl groups is 1. The first-order valence-electron chi connectivity index (χ1n) is 17.1. The molecule has 4 aromatic rings. The fraction of sp³-hybridized carbons (Fsp3) is 0.429. The topological polar surface area (TPSA) is 209 Å². The van der Waals surface area contributed by atoms with E-state index < -0.39 is 35.9 Å². The minimum absolute atomic E-state index is 0.00411. The molecular weight excluding hydrogens is 692 g/mol. The molecule has 0 fully saturated rings. The van der Waals surface area contributed by atoms with Crippen molar-refractivity contribution in [2.75, 3.05) is 26.2 Å². The molecule has 4 heterocycles. The number of aromatic amines is 1. The van der Waals surface area contributed by atoms with Gasteiger partial charge in [-0.15, -0.1) is 5.10 Å². The molecule has 0 saturated heterocycles. The maximum absolute atomic E-state index is 14.1. The Morgan fingerprint density at radius 2 is 1.87 bits per heavy atom. The summed E-state index contributed by atoms with van der Waals surface area (Å²) in [6, 6.07) is 9.16. The van der Waals surface area contributed by atoms with E-state index in [0.29, 0.717) is 54.4 Å². The van der Waals surface area contributed by atoms with Crippen molar-refractivity contribution in [2.24, 2.45) is 5.92 Å². The van der Waals surface area contributed by atoms with Gasteiger partial charge in [-0.2, -0.15) is 5.10 Å². The molecule has 2 aromatic carbocycles. The molecule has 276 valence electrons. The Hall–Kier alpha value is -5.35. The number of aromatic nitrogens is 6. The van der Waals surface area contributed by atoms with Gasteiger partial charge in [-0.3, -0.25) is 29.0 Å². The zero-order chi connectivity index (χ0) is 37.2. The summed E-state index contributed by atoms with van der Waals surface area (Å²) in [5.41, 5.74) is 1.79. The molecule has 17 heteroatoms. The number of benzene rings is 2. The Morgan fingerprint density at radius 1 is 1.06 bits per heavy atom. The average Bonchev–Trinajstić information content (AvgIpc) is 3.82. The molecule has 16 nitrogen and oxygen atoms in total. The fourth-order valence-corrected chi connectivity index (χ4v) is 5.94. The van der Waals surface area contributed by atoms with E-state index in [1.165, 1.54) is 25.4 Å². The predicted molar refractivity (Wildman–Crippen MR) is 190 cm³/mol. The van der Waals surface area contributed by atoms with Gasteiger partial charge in [-0.05, 0) is 43.5 Å². The van der Waals surface area contributed by atoms with Crippen LogP contribution in [0.25, 0.3) is 11.4 Å². The normalized spacial score (nSPS) is 18.9. The molecule has 6 rings (SSSR count). The number of hydrogen-bond acceptors (Lipinski definition) is 10. The first-order chi connectivity index (χ1) is 25.0. The van der Waals surface area contributed by atoms with Gasteiger partial charge in [-0.25, -0.2) is 4.98 Å². The summed E-state index contributed by atoms with van der Waals surface area (Å²) in [6.07, 6.45) is 3.13. The van der Waals surface area contributed by atoms with Gasteiger partial charge in [0.05, 0.1) is 29.0 Å². The zero-order valence-electron chi connectivity index (χ0n) is 29.2. The molecule has 0 aliphatic carbocycles. The second kappa shape index (κ2) is 17.7. The molecule has 0 unspecified atom stereocenters. The first kappa shape index (κ1) is 37.9. The van der Waals surface area contributed by atoms with Crippen LogP contribution in [0.1, 0.15) is 60.0 Å². The molecule has 4 bridgehead atoms. The molecule has 5 N–H and O–H groups in total. The van der Waals surface area contributed by atoms with Gasteiger partial charge in [-0.1, -0.05) is 48.9 Å². The van der Waals surface area contributed by atoms with Gasteiger partial charge in [0.1, 0.15) is 24.2 Å². The highest BCUT2D eigenvalue weighted by Crippen LogP contribution is 2.26. The molecule has 52 heavy (non-hydrogen) atoms. The van der Waals surface area contributed by atoms with Crippen molar-refractivity contribution >= 4 is 35.2 Å². The zero-order valence-corrected chi connectivity index (χ0v) is 30.0. The van der Waals surface area contributed by atoms with Crippen LogP contribution in [0, 0.1) is 5.92 Å². The van der Waals surface area contributed by atoms with Crippen molar-refractivity contribution in [3.63, 3.8) is 0 Å². The van der Waals surface area contributed by atoms with Crippen molar-refractivity contribution in [2.45, 2.75) is 64.8 Å². The van der Waals surface area contributed by atoms with Crippen molar-refractivity contribution in [3.05, 3.63) is 76.8 Å². The number of fused-ring (bicyclic) bond motifs is 17. The molecule has 0 radical (unpaired) electrons. The van der Waals surface area contributed by atoms with E-state index in [2.05, 4.69) is 41.4 Å². The van der Waals surface area contributed by atoms with Crippen LogP contribution in [0.3, 0.4) is 0 Å². The van der Waals surface area contributed by atoms with E-state index in [9.17, 15) is 24.3 Å². The molecular formula is C35H43ClN10O6. The van der Waals surface area contributed by atoms with Crippen LogP contribution in [0.5, 0.6) is 5.75 Å². The summed E-state index contributed by atoms with van der Waals surface area (Å²) in [6.45, 7) is 6.45. The lowest BCUT2D eigenvalue weighted by molar-refractivity contribution is -0.131. The number of rotatable bonds is 5. The highest BCUT2D eigenvalue weighted by Gasteiger charge is 2.31. The Labute approximate surface area is 305 Å². The molecule has 0 spiro atoms.